The number of pyridine rings is 1. The Morgan fingerprint density at radius 2 is 2.04 bits per heavy atom. The van der Waals surface area contributed by atoms with Gasteiger partial charge in [-0.2, -0.15) is 5.10 Å². The maximum Gasteiger partial charge on any atom is 0.267 e. The van der Waals surface area contributed by atoms with Crippen molar-refractivity contribution in [2.45, 2.75) is 25.7 Å². The van der Waals surface area contributed by atoms with Crippen molar-refractivity contribution in [2.75, 3.05) is 6.26 Å². The number of rotatable bonds is 4. The molecule has 28 heavy (non-hydrogen) atoms. The predicted octanol–water partition coefficient (Wildman–Crippen LogP) is 3.09. The fraction of sp³-hybridized carbons (Fsp3) is 0.278. The Bertz CT molecular complexity index is 1240. The Hall–Kier alpha value is -2.52. The number of halogens is 2. The van der Waals surface area contributed by atoms with Gasteiger partial charge in [0, 0.05) is 17.4 Å². The van der Waals surface area contributed by atoms with Crippen LogP contribution in [0.5, 0.6) is 0 Å². The van der Waals surface area contributed by atoms with Crippen LogP contribution in [-0.2, 0) is 10.0 Å². The molecule has 0 atom stereocenters. The molecular weight excluding hydrogens is 407 g/mol. The summed E-state index contributed by atoms with van der Waals surface area (Å²) in [6, 6.07) is 4.17. The Labute approximate surface area is 165 Å². The number of nitrogens with one attached hydrogen (secondary N) is 1. The van der Waals surface area contributed by atoms with E-state index >= 15 is 0 Å². The third-order valence-electron chi connectivity index (χ3n) is 4.54. The van der Waals surface area contributed by atoms with E-state index in [1.807, 2.05) is 0 Å². The van der Waals surface area contributed by atoms with Crippen molar-refractivity contribution in [1.82, 2.24) is 19.5 Å². The molecule has 10 heteroatoms. The third-order valence-corrected chi connectivity index (χ3v) is 5.40. The standard InChI is InChI=1S/C18H16ClFN4O3S/c1-9-12-6-13(18(25)23-28(2,26)27)15(20)7-16(12)24(22-9)11-5-14(19)17(21-8-11)10-3-4-10/h5-8,10H,3-4H2,1-2H3,(H,23,25). The van der Waals surface area contributed by atoms with Crippen LogP contribution in [0, 0.1) is 12.7 Å². The molecule has 1 saturated carbocycles. The molecule has 1 N–H and O–H groups in total. The second-order valence-corrected chi connectivity index (χ2v) is 9.04. The van der Waals surface area contributed by atoms with Gasteiger partial charge in [-0.1, -0.05) is 11.6 Å². The lowest BCUT2D eigenvalue weighted by atomic mass is 10.1. The Morgan fingerprint density at radius 3 is 2.64 bits per heavy atom. The molecule has 0 radical (unpaired) electrons. The molecule has 1 aliphatic rings. The van der Waals surface area contributed by atoms with Crippen molar-refractivity contribution in [3.05, 3.63) is 52.2 Å². The maximum atomic E-state index is 14.6. The van der Waals surface area contributed by atoms with Crippen LogP contribution in [0.1, 0.15) is 40.5 Å². The van der Waals surface area contributed by atoms with Crippen molar-refractivity contribution in [1.29, 1.82) is 0 Å². The van der Waals surface area contributed by atoms with Gasteiger partial charge in [0.1, 0.15) is 5.82 Å². The largest absolute Gasteiger partial charge is 0.268 e. The number of hydrogen-bond acceptors (Lipinski definition) is 5. The van der Waals surface area contributed by atoms with Gasteiger partial charge in [0.25, 0.3) is 5.91 Å². The molecule has 1 aromatic carbocycles. The quantitative estimate of drug-likeness (QED) is 0.697. The Morgan fingerprint density at radius 1 is 1.32 bits per heavy atom. The number of aryl methyl sites for hydroxylation is 1. The first kappa shape index (κ1) is 18.8. The van der Waals surface area contributed by atoms with Crippen LogP contribution in [0.4, 0.5) is 4.39 Å². The van der Waals surface area contributed by atoms with Gasteiger partial charge in [0.15, 0.2) is 0 Å². The fourth-order valence-electron chi connectivity index (χ4n) is 3.09. The first-order chi connectivity index (χ1) is 13.1. The summed E-state index contributed by atoms with van der Waals surface area (Å²) < 4.78 is 40.4. The van der Waals surface area contributed by atoms with Crippen LogP contribution in [0.3, 0.4) is 0 Å². The number of sulfonamides is 1. The second kappa shape index (κ2) is 6.52. The van der Waals surface area contributed by atoms with E-state index in [9.17, 15) is 17.6 Å². The van der Waals surface area contributed by atoms with Crippen molar-refractivity contribution >= 4 is 38.4 Å². The average molecular weight is 423 g/mol. The van der Waals surface area contributed by atoms with Gasteiger partial charge in [-0.15, -0.1) is 0 Å². The van der Waals surface area contributed by atoms with Crippen LogP contribution in [0.25, 0.3) is 16.6 Å². The van der Waals surface area contributed by atoms with Gasteiger partial charge < -0.3 is 0 Å². The van der Waals surface area contributed by atoms with Crippen LogP contribution in [0.15, 0.2) is 24.4 Å². The summed E-state index contributed by atoms with van der Waals surface area (Å²) in [7, 11) is -3.81. The van der Waals surface area contributed by atoms with Crippen molar-refractivity contribution in [3.63, 3.8) is 0 Å². The summed E-state index contributed by atoms with van der Waals surface area (Å²) in [5.41, 5.74) is 2.01. The van der Waals surface area contributed by atoms with Gasteiger partial charge in [-0.3, -0.25) is 9.78 Å². The molecule has 2 heterocycles. The molecular formula is C18H16ClFN4O3S. The molecule has 1 aliphatic carbocycles. The van der Waals surface area contributed by atoms with Gasteiger partial charge in [0.05, 0.1) is 45.6 Å². The highest BCUT2D eigenvalue weighted by Gasteiger charge is 2.27. The van der Waals surface area contributed by atoms with E-state index in [1.165, 1.54) is 10.7 Å². The van der Waals surface area contributed by atoms with E-state index in [0.717, 1.165) is 30.9 Å². The average Bonchev–Trinajstić information content (AvgIpc) is 3.37. The number of nitrogens with zero attached hydrogens (tertiary/aromatic N) is 3. The summed E-state index contributed by atoms with van der Waals surface area (Å²) in [6.07, 6.45) is 4.60. The molecule has 3 aromatic rings. The molecule has 4 rings (SSSR count). The van der Waals surface area contributed by atoms with Crippen LogP contribution in [-0.4, -0.2) is 35.3 Å². The van der Waals surface area contributed by atoms with Gasteiger partial charge >= 0.3 is 0 Å². The minimum atomic E-state index is -3.81. The lowest BCUT2D eigenvalue weighted by molar-refractivity contribution is 0.0978. The Kier molecular flexibility index (Phi) is 4.39. The molecule has 0 unspecified atom stereocenters. The zero-order valence-electron chi connectivity index (χ0n) is 15.0. The zero-order chi connectivity index (χ0) is 20.2. The zero-order valence-corrected chi connectivity index (χ0v) is 16.6. The van der Waals surface area contributed by atoms with Crippen molar-refractivity contribution in [3.8, 4) is 5.69 Å². The lowest BCUT2D eigenvalue weighted by Gasteiger charge is -2.08. The molecule has 1 amide bonds. The van der Waals surface area contributed by atoms with E-state index in [1.54, 1.807) is 23.9 Å². The molecule has 2 aromatic heterocycles. The number of fused-ring (bicyclic) bond motifs is 1. The van der Waals surface area contributed by atoms with E-state index in [2.05, 4.69) is 10.1 Å². The van der Waals surface area contributed by atoms with E-state index in [0.29, 0.717) is 33.2 Å². The minimum absolute atomic E-state index is 0.374. The van der Waals surface area contributed by atoms with Crippen LogP contribution >= 0.6 is 11.6 Å². The van der Waals surface area contributed by atoms with Gasteiger partial charge in [-0.25, -0.2) is 22.2 Å². The molecule has 0 bridgehead atoms. The van der Waals surface area contributed by atoms with Gasteiger partial charge in [-0.05, 0) is 31.9 Å². The molecule has 146 valence electrons. The van der Waals surface area contributed by atoms with E-state index < -0.39 is 21.7 Å². The number of hydrogen-bond donors (Lipinski definition) is 1. The first-order valence-corrected chi connectivity index (χ1v) is 10.8. The highest BCUT2D eigenvalue weighted by Crippen LogP contribution is 2.42. The highest BCUT2D eigenvalue weighted by molar-refractivity contribution is 7.89. The third kappa shape index (κ3) is 3.47. The molecule has 0 aliphatic heterocycles. The topological polar surface area (TPSA) is 93.9 Å². The summed E-state index contributed by atoms with van der Waals surface area (Å²) in [5.74, 6) is -1.50. The van der Waals surface area contributed by atoms with Gasteiger partial charge in [0.2, 0.25) is 10.0 Å². The first-order valence-electron chi connectivity index (χ1n) is 8.51. The van der Waals surface area contributed by atoms with Crippen molar-refractivity contribution in [2.24, 2.45) is 0 Å². The number of carbonyl (C=O) groups is 1. The smallest absolute Gasteiger partial charge is 0.267 e. The fourth-order valence-corrected chi connectivity index (χ4v) is 3.85. The number of amides is 1. The minimum Gasteiger partial charge on any atom is -0.268 e. The van der Waals surface area contributed by atoms with Crippen molar-refractivity contribution < 1.29 is 17.6 Å². The normalized spacial score (nSPS) is 14.4. The monoisotopic (exact) mass is 422 g/mol. The Balaban J connectivity index is 1.80. The predicted molar refractivity (Wildman–Crippen MR) is 103 cm³/mol. The lowest BCUT2D eigenvalue weighted by Crippen LogP contribution is -2.30. The number of benzene rings is 1. The van der Waals surface area contributed by atoms with E-state index in [-0.39, 0.29) is 5.56 Å². The number of carbonyl (C=O) groups excluding carboxylic acids is 1. The SMILES string of the molecule is Cc1nn(-c2cnc(C3CC3)c(Cl)c2)c2cc(F)c(C(=O)NS(C)(=O)=O)cc12. The second-order valence-electron chi connectivity index (χ2n) is 6.88. The maximum absolute atomic E-state index is 14.6. The summed E-state index contributed by atoms with van der Waals surface area (Å²) in [6.45, 7) is 1.71. The number of aromatic nitrogens is 3. The molecule has 1 fully saturated rings. The highest BCUT2D eigenvalue weighted by atomic mass is 35.5. The van der Waals surface area contributed by atoms with E-state index in [4.69, 9.17) is 11.6 Å². The summed E-state index contributed by atoms with van der Waals surface area (Å²) in [5, 5.41) is 5.46. The van der Waals surface area contributed by atoms with Crippen LogP contribution in [0.2, 0.25) is 5.02 Å². The summed E-state index contributed by atoms with van der Waals surface area (Å²) >= 11 is 6.34. The molecule has 0 saturated heterocycles. The molecule has 0 spiro atoms. The van der Waals surface area contributed by atoms with Crippen LogP contribution < -0.4 is 4.72 Å². The molecule has 7 nitrogen and oxygen atoms in total. The summed E-state index contributed by atoms with van der Waals surface area (Å²) in [4.78, 5) is 16.5.